The number of benzene rings is 2. The van der Waals surface area contributed by atoms with Crippen LogP contribution in [0.25, 0.3) is 6.08 Å². The van der Waals surface area contributed by atoms with Crippen LogP contribution in [0, 0.1) is 13.8 Å². The van der Waals surface area contributed by atoms with Crippen LogP contribution in [0.1, 0.15) is 16.7 Å². The summed E-state index contributed by atoms with van der Waals surface area (Å²) in [5.41, 5.74) is 2.90. The monoisotopic (exact) mass is 346 g/mol. The lowest BCUT2D eigenvalue weighted by Gasteiger charge is -2.12. The van der Waals surface area contributed by atoms with Crippen LogP contribution in [-0.2, 0) is 4.79 Å². The Morgan fingerprint density at radius 3 is 2.52 bits per heavy atom. The topological polar surface area (TPSA) is 46.5 Å². The minimum Gasteiger partial charge on any atom is -0.478 e. The number of hydrogen-bond acceptors (Lipinski definition) is 2. The highest BCUT2D eigenvalue weighted by Gasteiger charge is 2.06. The lowest BCUT2D eigenvalue weighted by atomic mass is 10.1. The quantitative estimate of drug-likeness (QED) is 0.796. The number of carboxylic acids is 1. The highest BCUT2D eigenvalue weighted by Crippen LogP contribution is 2.31. The molecule has 2 rings (SSSR count). The molecule has 0 saturated carbocycles. The molecule has 1 N–H and O–H groups in total. The second-order valence-electron chi connectivity index (χ2n) is 4.72. The van der Waals surface area contributed by atoms with Gasteiger partial charge in [0.15, 0.2) is 0 Å². The maximum absolute atomic E-state index is 10.7. The molecular formula is C17H15BrO3. The Kier molecular flexibility index (Phi) is 4.81. The summed E-state index contributed by atoms with van der Waals surface area (Å²) in [7, 11) is 0. The van der Waals surface area contributed by atoms with Crippen molar-refractivity contribution in [2.24, 2.45) is 0 Å². The molecular weight excluding hydrogens is 332 g/mol. The van der Waals surface area contributed by atoms with Crippen LogP contribution >= 0.6 is 15.9 Å². The second kappa shape index (κ2) is 6.59. The van der Waals surface area contributed by atoms with Crippen molar-refractivity contribution in [3.8, 4) is 11.5 Å². The fraction of sp³-hybridized carbons (Fsp3) is 0.118. The molecule has 4 heteroatoms. The van der Waals surface area contributed by atoms with Gasteiger partial charge in [-0.05, 0) is 49.8 Å². The van der Waals surface area contributed by atoms with Gasteiger partial charge >= 0.3 is 5.97 Å². The van der Waals surface area contributed by atoms with E-state index in [9.17, 15) is 4.79 Å². The van der Waals surface area contributed by atoms with Crippen LogP contribution < -0.4 is 4.74 Å². The molecule has 0 radical (unpaired) electrons. The number of carboxylic acid groups (broad SMARTS) is 1. The van der Waals surface area contributed by atoms with Crippen LogP contribution in [0.5, 0.6) is 11.5 Å². The van der Waals surface area contributed by atoms with E-state index >= 15 is 0 Å². The molecule has 0 saturated heterocycles. The summed E-state index contributed by atoms with van der Waals surface area (Å²) in [6, 6.07) is 11.4. The highest BCUT2D eigenvalue weighted by atomic mass is 79.9. The van der Waals surface area contributed by atoms with Crippen molar-refractivity contribution in [1.29, 1.82) is 0 Å². The van der Waals surface area contributed by atoms with Gasteiger partial charge in [0.2, 0.25) is 0 Å². The average Bonchev–Trinajstić information content (AvgIpc) is 2.41. The van der Waals surface area contributed by atoms with Gasteiger partial charge in [-0.3, -0.25) is 0 Å². The molecule has 2 aromatic carbocycles. The zero-order valence-corrected chi connectivity index (χ0v) is 13.3. The van der Waals surface area contributed by atoms with Crippen LogP contribution in [0.15, 0.2) is 46.9 Å². The largest absolute Gasteiger partial charge is 0.478 e. The van der Waals surface area contributed by atoms with E-state index < -0.39 is 5.97 Å². The summed E-state index contributed by atoms with van der Waals surface area (Å²) in [5.74, 6) is 0.378. The summed E-state index contributed by atoms with van der Waals surface area (Å²) < 4.78 is 6.78. The first-order valence-electron chi connectivity index (χ1n) is 6.41. The van der Waals surface area contributed by atoms with Crippen LogP contribution in [0.2, 0.25) is 0 Å². The minimum atomic E-state index is -0.993. The van der Waals surface area contributed by atoms with Crippen molar-refractivity contribution in [2.75, 3.05) is 0 Å². The SMILES string of the molecule is Cc1ccc(Oc2ccc(Br)cc2/C=C/C(=O)O)c(C)c1. The third-order valence-corrected chi connectivity index (χ3v) is 3.42. The second-order valence-corrected chi connectivity index (χ2v) is 5.64. The van der Waals surface area contributed by atoms with Gasteiger partial charge in [-0.15, -0.1) is 0 Å². The molecule has 0 unspecified atom stereocenters. The summed E-state index contributed by atoms with van der Waals surface area (Å²) in [6.45, 7) is 4.01. The van der Waals surface area contributed by atoms with Crippen molar-refractivity contribution in [1.82, 2.24) is 0 Å². The van der Waals surface area contributed by atoms with Crippen molar-refractivity contribution in [3.63, 3.8) is 0 Å². The molecule has 0 atom stereocenters. The third kappa shape index (κ3) is 4.20. The predicted molar refractivity (Wildman–Crippen MR) is 86.8 cm³/mol. The van der Waals surface area contributed by atoms with Gasteiger partial charge in [0.1, 0.15) is 11.5 Å². The normalized spacial score (nSPS) is 10.8. The number of ether oxygens (including phenoxy) is 1. The fourth-order valence-corrected chi connectivity index (χ4v) is 2.31. The molecule has 0 bridgehead atoms. The molecule has 0 amide bonds. The fourth-order valence-electron chi connectivity index (χ4n) is 1.94. The van der Waals surface area contributed by atoms with Gasteiger partial charge in [0.25, 0.3) is 0 Å². The Hall–Kier alpha value is -2.07. The van der Waals surface area contributed by atoms with E-state index in [0.717, 1.165) is 21.9 Å². The van der Waals surface area contributed by atoms with Gasteiger partial charge in [0.05, 0.1) is 0 Å². The molecule has 21 heavy (non-hydrogen) atoms. The number of hydrogen-bond donors (Lipinski definition) is 1. The van der Waals surface area contributed by atoms with Crippen LogP contribution in [0.3, 0.4) is 0 Å². The molecule has 3 nitrogen and oxygen atoms in total. The zero-order valence-electron chi connectivity index (χ0n) is 11.8. The summed E-state index contributed by atoms with van der Waals surface area (Å²) in [6.07, 6.45) is 2.61. The lowest BCUT2D eigenvalue weighted by molar-refractivity contribution is -0.131. The molecule has 0 aromatic heterocycles. The van der Waals surface area contributed by atoms with E-state index in [0.29, 0.717) is 11.3 Å². The maximum atomic E-state index is 10.7. The predicted octanol–water partition coefficient (Wildman–Crippen LogP) is 4.96. The van der Waals surface area contributed by atoms with E-state index in [1.807, 2.05) is 50.2 Å². The van der Waals surface area contributed by atoms with Gasteiger partial charge in [-0.2, -0.15) is 0 Å². The molecule has 2 aromatic rings. The molecule has 0 fully saturated rings. The number of rotatable bonds is 4. The molecule has 0 heterocycles. The smallest absolute Gasteiger partial charge is 0.328 e. The van der Waals surface area contributed by atoms with Gasteiger partial charge in [-0.25, -0.2) is 4.79 Å². The van der Waals surface area contributed by atoms with E-state index in [4.69, 9.17) is 9.84 Å². The van der Waals surface area contributed by atoms with Gasteiger partial charge in [-0.1, -0.05) is 33.6 Å². The van der Waals surface area contributed by atoms with Crippen LogP contribution in [-0.4, -0.2) is 11.1 Å². The maximum Gasteiger partial charge on any atom is 0.328 e. The van der Waals surface area contributed by atoms with Crippen molar-refractivity contribution in [3.05, 3.63) is 63.6 Å². The highest BCUT2D eigenvalue weighted by molar-refractivity contribution is 9.10. The zero-order chi connectivity index (χ0) is 15.4. The third-order valence-electron chi connectivity index (χ3n) is 2.93. The Bertz CT molecular complexity index is 705. The molecule has 0 aliphatic rings. The molecule has 0 aliphatic carbocycles. The number of carbonyl (C=O) groups is 1. The van der Waals surface area contributed by atoms with Crippen molar-refractivity contribution >= 4 is 28.0 Å². The molecule has 0 aliphatic heterocycles. The number of aliphatic carboxylic acids is 1. The Labute approximate surface area is 132 Å². The molecule has 108 valence electrons. The first-order valence-corrected chi connectivity index (χ1v) is 7.20. The first-order chi connectivity index (χ1) is 9.95. The Morgan fingerprint density at radius 2 is 1.86 bits per heavy atom. The minimum absolute atomic E-state index is 0.614. The summed E-state index contributed by atoms with van der Waals surface area (Å²) in [5, 5.41) is 8.76. The van der Waals surface area contributed by atoms with E-state index in [-0.39, 0.29) is 0 Å². The standard InChI is InChI=1S/C17H15BrO3/c1-11-3-6-15(12(2)9-11)21-16-7-5-14(18)10-13(16)4-8-17(19)20/h3-10H,1-2H3,(H,19,20)/b8-4+. The summed E-state index contributed by atoms with van der Waals surface area (Å²) in [4.78, 5) is 10.7. The molecule has 0 spiro atoms. The van der Waals surface area contributed by atoms with Gasteiger partial charge < -0.3 is 9.84 Å². The average molecular weight is 347 g/mol. The lowest BCUT2D eigenvalue weighted by Crippen LogP contribution is -1.92. The van der Waals surface area contributed by atoms with Gasteiger partial charge in [0, 0.05) is 16.1 Å². The summed E-state index contributed by atoms with van der Waals surface area (Å²) >= 11 is 3.38. The Morgan fingerprint density at radius 1 is 1.14 bits per heavy atom. The van der Waals surface area contributed by atoms with Crippen molar-refractivity contribution < 1.29 is 14.6 Å². The number of aryl methyl sites for hydroxylation is 2. The Balaban J connectivity index is 2.37. The first kappa shape index (κ1) is 15.3. The van der Waals surface area contributed by atoms with E-state index in [1.165, 1.54) is 11.6 Å². The van der Waals surface area contributed by atoms with Crippen molar-refractivity contribution in [2.45, 2.75) is 13.8 Å². The van der Waals surface area contributed by atoms with E-state index in [1.54, 1.807) is 0 Å². The van der Waals surface area contributed by atoms with E-state index in [2.05, 4.69) is 15.9 Å². The number of halogens is 1. The van der Waals surface area contributed by atoms with Crippen LogP contribution in [0.4, 0.5) is 0 Å².